The highest BCUT2D eigenvalue weighted by atomic mass is 35.5. The van der Waals surface area contributed by atoms with Crippen molar-refractivity contribution in [3.05, 3.63) is 76.4 Å². The molecule has 190 valence electrons. The highest BCUT2D eigenvalue weighted by Gasteiger charge is 2.45. The summed E-state index contributed by atoms with van der Waals surface area (Å²) in [6, 6.07) is 9.43. The van der Waals surface area contributed by atoms with Crippen LogP contribution in [0.5, 0.6) is 5.75 Å². The van der Waals surface area contributed by atoms with Crippen LogP contribution in [-0.2, 0) is 11.3 Å². The number of methoxy groups -OCH3 is 1. The zero-order valence-electron chi connectivity index (χ0n) is 18.9. The van der Waals surface area contributed by atoms with Gasteiger partial charge in [0.05, 0.1) is 13.0 Å². The third kappa shape index (κ3) is 5.30. The normalized spacial score (nSPS) is 17.6. The first-order valence-electron chi connectivity index (χ1n) is 10.9. The zero-order chi connectivity index (χ0) is 26.0. The number of benzene rings is 2. The van der Waals surface area contributed by atoms with Crippen molar-refractivity contribution in [2.75, 3.05) is 25.1 Å². The number of halogens is 5. The van der Waals surface area contributed by atoms with Crippen LogP contribution in [0, 0.1) is 17.6 Å². The molecule has 7 nitrogen and oxygen atoms in total. The molecule has 2 amide bonds. The number of carbonyl (C=O) groups is 2. The highest BCUT2D eigenvalue weighted by Crippen LogP contribution is 2.39. The van der Waals surface area contributed by atoms with E-state index in [0.717, 1.165) is 16.8 Å². The Labute approximate surface area is 208 Å². The minimum absolute atomic E-state index is 0.0340. The SMILES string of the molecule is COc1cc(F)c([C@@H]2CN(c3ccn(CC(F)F)n3)C(=O)C2CNC(=O)c2ccc(Cl)cc2)c(F)c1. The average molecular weight is 525 g/mol. The van der Waals surface area contributed by atoms with Gasteiger partial charge < -0.3 is 10.1 Å². The molecule has 0 spiro atoms. The zero-order valence-corrected chi connectivity index (χ0v) is 19.7. The number of aromatic nitrogens is 2. The van der Waals surface area contributed by atoms with E-state index < -0.39 is 48.3 Å². The summed E-state index contributed by atoms with van der Waals surface area (Å²) in [5.41, 5.74) is -0.0600. The first kappa shape index (κ1) is 25.5. The van der Waals surface area contributed by atoms with Crippen molar-refractivity contribution in [2.24, 2.45) is 5.92 Å². The van der Waals surface area contributed by atoms with Gasteiger partial charge in [-0.2, -0.15) is 5.10 Å². The molecule has 1 unspecified atom stereocenters. The highest BCUT2D eigenvalue weighted by molar-refractivity contribution is 6.30. The van der Waals surface area contributed by atoms with Crippen molar-refractivity contribution < 1.29 is 31.9 Å². The number of nitrogens with one attached hydrogen (secondary N) is 1. The van der Waals surface area contributed by atoms with Gasteiger partial charge in [0.1, 0.15) is 23.9 Å². The second-order valence-corrected chi connectivity index (χ2v) is 8.61. The first-order valence-corrected chi connectivity index (χ1v) is 11.3. The number of nitrogens with zero attached hydrogens (tertiary/aromatic N) is 3. The Balaban J connectivity index is 1.63. The molecule has 0 saturated carbocycles. The van der Waals surface area contributed by atoms with E-state index in [1.54, 1.807) is 0 Å². The largest absolute Gasteiger partial charge is 0.497 e. The topological polar surface area (TPSA) is 76.5 Å². The summed E-state index contributed by atoms with van der Waals surface area (Å²) in [5, 5.41) is 7.07. The third-order valence-electron chi connectivity index (χ3n) is 5.92. The number of carbonyl (C=O) groups excluding carboxylic acids is 2. The summed E-state index contributed by atoms with van der Waals surface area (Å²) < 4.78 is 61.3. The Morgan fingerprint density at radius 1 is 1.19 bits per heavy atom. The number of hydrogen-bond donors (Lipinski definition) is 1. The van der Waals surface area contributed by atoms with Crippen LogP contribution < -0.4 is 15.0 Å². The van der Waals surface area contributed by atoms with E-state index in [4.69, 9.17) is 16.3 Å². The van der Waals surface area contributed by atoms with Crippen LogP contribution in [0.2, 0.25) is 5.02 Å². The van der Waals surface area contributed by atoms with Crippen LogP contribution in [-0.4, -0.2) is 48.2 Å². The molecule has 0 bridgehead atoms. The monoisotopic (exact) mass is 524 g/mol. The van der Waals surface area contributed by atoms with Crippen molar-refractivity contribution in [3.63, 3.8) is 0 Å². The van der Waals surface area contributed by atoms with E-state index in [1.807, 2.05) is 0 Å². The number of hydrogen-bond acceptors (Lipinski definition) is 4. The standard InChI is InChI=1S/C24H21ClF4N4O3/c1-36-15-8-18(26)22(19(27)9-15)17-11-33(21-6-7-32(31-21)12-20(28)29)24(35)16(17)10-30-23(34)13-2-4-14(25)5-3-13/h2-9,16-17,20H,10-12H2,1H3,(H,30,34)/t16?,17-/m1/s1. The maximum absolute atomic E-state index is 15.0. The van der Waals surface area contributed by atoms with E-state index in [2.05, 4.69) is 10.4 Å². The maximum Gasteiger partial charge on any atom is 0.257 e. The molecule has 3 aromatic rings. The number of alkyl halides is 2. The molecule has 4 rings (SSSR count). The molecule has 12 heteroatoms. The minimum atomic E-state index is -2.65. The van der Waals surface area contributed by atoms with Gasteiger partial charge in [0.2, 0.25) is 5.91 Å². The van der Waals surface area contributed by atoms with Crippen LogP contribution in [0.1, 0.15) is 21.8 Å². The molecule has 2 atom stereocenters. The van der Waals surface area contributed by atoms with Gasteiger partial charge >= 0.3 is 0 Å². The van der Waals surface area contributed by atoms with Gasteiger partial charge in [-0.3, -0.25) is 19.2 Å². The molecule has 1 aliphatic heterocycles. The molecule has 2 heterocycles. The fraction of sp³-hybridized carbons (Fsp3) is 0.292. The Bertz CT molecular complexity index is 1250. The van der Waals surface area contributed by atoms with E-state index in [0.29, 0.717) is 5.02 Å². The molecule has 1 aliphatic rings. The van der Waals surface area contributed by atoms with Gasteiger partial charge in [-0.15, -0.1) is 0 Å². The second kappa shape index (κ2) is 10.6. The van der Waals surface area contributed by atoms with E-state index in [-0.39, 0.29) is 35.8 Å². The fourth-order valence-electron chi connectivity index (χ4n) is 4.19. The predicted octanol–water partition coefficient (Wildman–Crippen LogP) is 4.27. The fourth-order valence-corrected chi connectivity index (χ4v) is 4.32. The van der Waals surface area contributed by atoms with E-state index in [9.17, 15) is 27.2 Å². The summed E-state index contributed by atoms with van der Waals surface area (Å²) in [6.45, 7) is -1.08. The Hall–Kier alpha value is -3.60. The van der Waals surface area contributed by atoms with E-state index in [1.165, 1.54) is 48.5 Å². The first-order chi connectivity index (χ1) is 17.2. The van der Waals surface area contributed by atoms with Gasteiger partial charge in [-0.25, -0.2) is 17.6 Å². The molecule has 1 saturated heterocycles. The van der Waals surface area contributed by atoms with Crippen LogP contribution in [0.3, 0.4) is 0 Å². The Morgan fingerprint density at radius 3 is 2.47 bits per heavy atom. The summed E-state index contributed by atoms with van der Waals surface area (Å²) >= 11 is 5.85. The molecule has 1 N–H and O–H groups in total. The maximum atomic E-state index is 15.0. The van der Waals surface area contributed by atoms with E-state index >= 15 is 0 Å². The van der Waals surface area contributed by atoms with Crippen molar-refractivity contribution in [1.82, 2.24) is 15.1 Å². The molecular weight excluding hydrogens is 504 g/mol. The van der Waals surface area contributed by atoms with Gasteiger partial charge in [0, 0.05) is 59.6 Å². The van der Waals surface area contributed by atoms with Crippen LogP contribution in [0.25, 0.3) is 0 Å². The van der Waals surface area contributed by atoms with Gasteiger partial charge in [0.25, 0.3) is 12.3 Å². The van der Waals surface area contributed by atoms with Crippen molar-refractivity contribution in [1.29, 1.82) is 0 Å². The Morgan fingerprint density at radius 2 is 1.86 bits per heavy atom. The lowest BCUT2D eigenvalue weighted by molar-refractivity contribution is -0.120. The van der Waals surface area contributed by atoms with Crippen molar-refractivity contribution in [3.8, 4) is 5.75 Å². The number of ether oxygens (including phenoxy) is 1. The lowest BCUT2D eigenvalue weighted by atomic mass is 9.87. The van der Waals surface area contributed by atoms with Gasteiger partial charge in [0.15, 0.2) is 5.82 Å². The molecule has 0 aliphatic carbocycles. The summed E-state index contributed by atoms with van der Waals surface area (Å²) in [7, 11) is 1.26. The molecule has 1 aromatic heterocycles. The Kier molecular flexibility index (Phi) is 7.48. The molecule has 0 radical (unpaired) electrons. The smallest absolute Gasteiger partial charge is 0.257 e. The number of amides is 2. The van der Waals surface area contributed by atoms with Crippen LogP contribution in [0.4, 0.5) is 23.4 Å². The van der Waals surface area contributed by atoms with Crippen LogP contribution in [0.15, 0.2) is 48.7 Å². The number of rotatable bonds is 8. The summed E-state index contributed by atoms with van der Waals surface area (Å²) in [5.74, 6) is -4.93. The third-order valence-corrected chi connectivity index (χ3v) is 6.18. The van der Waals surface area contributed by atoms with Crippen LogP contribution >= 0.6 is 11.6 Å². The predicted molar refractivity (Wildman–Crippen MR) is 124 cm³/mol. The number of anilines is 1. The minimum Gasteiger partial charge on any atom is -0.497 e. The molecule has 36 heavy (non-hydrogen) atoms. The molecule has 1 fully saturated rings. The summed E-state index contributed by atoms with van der Waals surface area (Å²) in [4.78, 5) is 27.1. The summed E-state index contributed by atoms with van der Waals surface area (Å²) in [6.07, 6.45) is -1.37. The molecular formula is C24H21ClF4N4O3. The van der Waals surface area contributed by atoms with Crippen molar-refractivity contribution >= 4 is 29.2 Å². The van der Waals surface area contributed by atoms with Gasteiger partial charge in [-0.1, -0.05) is 11.6 Å². The lowest BCUT2D eigenvalue weighted by Crippen LogP contribution is -2.36. The lowest BCUT2D eigenvalue weighted by Gasteiger charge is -2.19. The molecule has 2 aromatic carbocycles. The quantitative estimate of drug-likeness (QED) is 0.447. The second-order valence-electron chi connectivity index (χ2n) is 8.17. The van der Waals surface area contributed by atoms with Gasteiger partial charge in [-0.05, 0) is 24.3 Å². The average Bonchev–Trinajstić information content (AvgIpc) is 3.41. The van der Waals surface area contributed by atoms with Crippen molar-refractivity contribution in [2.45, 2.75) is 18.9 Å².